The van der Waals surface area contributed by atoms with E-state index in [1.807, 2.05) is 0 Å². The minimum atomic E-state index is -2.76. The average Bonchev–Trinajstić information content (AvgIpc) is 2.59. The summed E-state index contributed by atoms with van der Waals surface area (Å²) in [6.07, 6.45) is 2.00. The van der Waals surface area contributed by atoms with Crippen LogP contribution in [0.2, 0.25) is 0 Å². The van der Waals surface area contributed by atoms with Crippen molar-refractivity contribution in [1.29, 1.82) is 0 Å². The van der Waals surface area contributed by atoms with E-state index in [1.54, 1.807) is 0 Å². The number of likely N-dealkylation sites (N-methyl/N-ethyl adjacent to an activating group) is 1. The van der Waals surface area contributed by atoms with Gasteiger partial charge in [0.1, 0.15) is 0 Å². The van der Waals surface area contributed by atoms with Gasteiger partial charge in [-0.2, -0.15) is 0 Å². The van der Waals surface area contributed by atoms with Crippen LogP contribution >= 0.6 is 0 Å². The van der Waals surface area contributed by atoms with Crippen LogP contribution in [0.15, 0.2) is 0 Å². The SMILES string of the molecule is CC1CCNCC1N(C)C1CCS(=O)(=O)C1. The number of hydrogen-bond donors (Lipinski definition) is 1. The fourth-order valence-corrected chi connectivity index (χ4v) is 4.67. The molecule has 2 aliphatic heterocycles. The third-order valence-electron chi connectivity index (χ3n) is 4.09. The van der Waals surface area contributed by atoms with E-state index in [0.717, 1.165) is 19.5 Å². The second-order valence-corrected chi connectivity index (χ2v) is 7.49. The van der Waals surface area contributed by atoms with Crippen LogP contribution in [0.3, 0.4) is 0 Å². The molecular weight excluding hydrogens is 224 g/mol. The minimum absolute atomic E-state index is 0.234. The summed E-state index contributed by atoms with van der Waals surface area (Å²) in [4.78, 5) is 2.29. The first kappa shape index (κ1) is 12.3. The lowest BCUT2D eigenvalue weighted by Crippen LogP contribution is -2.52. The van der Waals surface area contributed by atoms with Gasteiger partial charge >= 0.3 is 0 Å². The molecule has 0 bridgehead atoms. The summed E-state index contributed by atoms with van der Waals surface area (Å²) in [5, 5.41) is 3.40. The van der Waals surface area contributed by atoms with Crippen LogP contribution in [-0.4, -0.2) is 57.0 Å². The first-order valence-corrected chi connectivity index (χ1v) is 7.95. The largest absolute Gasteiger partial charge is 0.315 e. The maximum Gasteiger partial charge on any atom is 0.151 e. The van der Waals surface area contributed by atoms with Crippen LogP contribution in [0.5, 0.6) is 0 Å². The van der Waals surface area contributed by atoms with E-state index in [-0.39, 0.29) is 6.04 Å². The second-order valence-electron chi connectivity index (χ2n) is 5.26. The predicted octanol–water partition coefficient (Wildman–Crippen LogP) is 0.103. The summed E-state index contributed by atoms with van der Waals surface area (Å²) in [6, 6.07) is 0.726. The standard InChI is InChI=1S/C11H22N2O2S/c1-9-3-5-12-7-11(9)13(2)10-4-6-16(14,15)8-10/h9-12H,3-8H2,1-2H3. The monoisotopic (exact) mass is 246 g/mol. The summed E-state index contributed by atoms with van der Waals surface area (Å²) in [5.74, 6) is 1.39. The molecule has 0 aromatic rings. The molecule has 2 aliphatic rings. The summed E-state index contributed by atoms with van der Waals surface area (Å²) in [5.41, 5.74) is 0. The zero-order valence-corrected chi connectivity index (χ0v) is 11.0. The van der Waals surface area contributed by atoms with Crippen LogP contribution in [0.4, 0.5) is 0 Å². The van der Waals surface area contributed by atoms with Gasteiger partial charge < -0.3 is 5.32 Å². The van der Waals surface area contributed by atoms with Gasteiger partial charge in [0.2, 0.25) is 0 Å². The van der Waals surface area contributed by atoms with Gasteiger partial charge in [0.05, 0.1) is 11.5 Å². The third kappa shape index (κ3) is 2.57. The highest BCUT2D eigenvalue weighted by molar-refractivity contribution is 7.91. The lowest BCUT2D eigenvalue weighted by Gasteiger charge is -2.39. The van der Waals surface area contributed by atoms with Gasteiger partial charge in [-0.15, -0.1) is 0 Å². The Bertz CT molecular complexity index is 342. The van der Waals surface area contributed by atoms with Crippen molar-refractivity contribution in [3.63, 3.8) is 0 Å². The van der Waals surface area contributed by atoms with Crippen LogP contribution in [0.25, 0.3) is 0 Å². The maximum atomic E-state index is 11.5. The molecule has 0 aromatic carbocycles. The molecule has 3 atom stereocenters. The van der Waals surface area contributed by atoms with Crippen molar-refractivity contribution in [3.8, 4) is 0 Å². The molecule has 0 saturated carbocycles. The van der Waals surface area contributed by atoms with Gasteiger partial charge in [-0.25, -0.2) is 8.42 Å². The van der Waals surface area contributed by atoms with E-state index in [0.29, 0.717) is 23.5 Å². The zero-order chi connectivity index (χ0) is 11.8. The molecule has 2 rings (SSSR count). The molecule has 16 heavy (non-hydrogen) atoms. The number of piperidine rings is 1. The molecule has 0 amide bonds. The zero-order valence-electron chi connectivity index (χ0n) is 10.1. The number of nitrogens with zero attached hydrogens (tertiary/aromatic N) is 1. The van der Waals surface area contributed by atoms with E-state index < -0.39 is 9.84 Å². The Morgan fingerprint density at radius 3 is 2.62 bits per heavy atom. The third-order valence-corrected chi connectivity index (χ3v) is 5.84. The lowest BCUT2D eigenvalue weighted by molar-refractivity contribution is 0.116. The molecule has 0 aliphatic carbocycles. The summed E-state index contributed by atoms with van der Waals surface area (Å²) in [6.45, 7) is 4.36. The van der Waals surface area contributed by atoms with Crippen LogP contribution in [0.1, 0.15) is 19.8 Å². The molecule has 5 heteroatoms. The van der Waals surface area contributed by atoms with Crippen LogP contribution < -0.4 is 5.32 Å². The normalized spacial score (nSPS) is 39.1. The Morgan fingerprint density at radius 1 is 1.31 bits per heavy atom. The molecule has 2 fully saturated rings. The topological polar surface area (TPSA) is 49.4 Å². The van der Waals surface area contributed by atoms with Gasteiger partial charge in [-0.05, 0) is 32.4 Å². The second kappa shape index (κ2) is 4.63. The summed E-state index contributed by atoms with van der Waals surface area (Å²) in [7, 11) is -0.676. The van der Waals surface area contributed by atoms with Crippen molar-refractivity contribution < 1.29 is 8.42 Å². The van der Waals surface area contributed by atoms with Crippen molar-refractivity contribution in [2.24, 2.45) is 5.92 Å². The summed E-state index contributed by atoms with van der Waals surface area (Å²) < 4.78 is 22.9. The number of nitrogens with one attached hydrogen (secondary N) is 1. The summed E-state index contributed by atoms with van der Waals surface area (Å²) >= 11 is 0. The van der Waals surface area contributed by atoms with E-state index in [1.165, 1.54) is 6.42 Å². The van der Waals surface area contributed by atoms with Crippen LogP contribution in [-0.2, 0) is 9.84 Å². The minimum Gasteiger partial charge on any atom is -0.315 e. The van der Waals surface area contributed by atoms with Gasteiger partial charge in [0.25, 0.3) is 0 Å². The Hall–Kier alpha value is -0.130. The molecule has 2 saturated heterocycles. The molecule has 94 valence electrons. The number of sulfone groups is 1. The van der Waals surface area contributed by atoms with E-state index in [4.69, 9.17) is 0 Å². The number of rotatable bonds is 2. The molecule has 4 nitrogen and oxygen atoms in total. The molecule has 0 aromatic heterocycles. The Labute approximate surface area is 98.3 Å². The fourth-order valence-electron chi connectivity index (χ4n) is 2.89. The Balaban J connectivity index is 1.99. The molecular formula is C11H22N2O2S. The van der Waals surface area contributed by atoms with Crippen molar-refractivity contribution >= 4 is 9.84 Å². The molecule has 0 radical (unpaired) electrons. The Kier molecular flexibility index (Phi) is 3.56. The van der Waals surface area contributed by atoms with Crippen LogP contribution in [0, 0.1) is 5.92 Å². The van der Waals surface area contributed by atoms with Gasteiger partial charge in [0.15, 0.2) is 9.84 Å². The first-order chi connectivity index (χ1) is 7.49. The van der Waals surface area contributed by atoms with E-state index in [2.05, 4.69) is 24.2 Å². The fraction of sp³-hybridized carbons (Fsp3) is 1.00. The maximum absolute atomic E-state index is 11.5. The van der Waals surface area contributed by atoms with Crippen molar-refractivity contribution in [3.05, 3.63) is 0 Å². The smallest absolute Gasteiger partial charge is 0.151 e. The van der Waals surface area contributed by atoms with E-state index >= 15 is 0 Å². The van der Waals surface area contributed by atoms with Gasteiger partial charge in [-0.3, -0.25) is 4.90 Å². The average molecular weight is 246 g/mol. The first-order valence-electron chi connectivity index (χ1n) is 6.13. The highest BCUT2D eigenvalue weighted by atomic mass is 32.2. The highest BCUT2D eigenvalue weighted by Gasteiger charge is 2.35. The molecule has 2 heterocycles. The quantitative estimate of drug-likeness (QED) is 0.751. The van der Waals surface area contributed by atoms with E-state index in [9.17, 15) is 8.42 Å². The van der Waals surface area contributed by atoms with Gasteiger partial charge in [0, 0.05) is 18.6 Å². The Morgan fingerprint density at radius 2 is 2.06 bits per heavy atom. The lowest BCUT2D eigenvalue weighted by atomic mass is 9.92. The van der Waals surface area contributed by atoms with Crippen molar-refractivity contribution in [2.45, 2.75) is 31.8 Å². The molecule has 3 unspecified atom stereocenters. The van der Waals surface area contributed by atoms with Gasteiger partial charge in [-0.1, -0.05) is 6.92 Å². The van der Waals surface area contributed by atoms with Crippen molar-refractivity contribution in [1.82, 2.24) is 10.2 Å². The van der Waals surface area contributed by atoms with Crippen molar-refractivity contribution in [2.75, 3.05) is 31.6 Å². The highest BCUT2D eigenvalue weighted by Crippen LogP contribution is 2.23. The molecule has 1 N–H and O–H groups in total. The number of hydrogen-bond acceptors (Lipinski definition) is 4. The predicted molar refractivity (Wildman–Crippen MR) is 65.3 cm³/mol. The molecule has 0 spiro atoms.